The summed E-state index contributed by atoms with van der Waals surface area (Å²) in [5.74, 6) is -0.583. The van der Waals surface area contributed by atoms with Gasteiger partial charge in [0, 0.05) is 22.9 Å². The predicted molar refractivity (Wildman–Crippen MR) is 113 cm³/mol. The van der Waals surface area contributed by atoms with Gasteiger partial charge in [0.2, 0.25) is 11.8 Å². The largest absolute Gasteiger partial charge is 0.507 e. The summed E-state index contributed by atoms with van der Waals surface area (Å²) < 4.78 is 0.771. The summed E-state index contributed by atoms with van der Waals surface area (Å²) in [5.41, 5.74) is 3.55. The number of nitrogens with zero attached hydrogens (tertiary/aromatic N) is 1. The summed E-state index contributed by atoms with van der Waals surface area (Å²) in [6.45, 7) is 0. The van der Waals surface area contributed by atoms with Gasteiger partial charge >= 0.3 is 0 Å². The highest BCUT2D eigenvalue weighted by molar-refractivity contribution is 9.10. The van der Waals surface area contributed by atoms with E-state index >= 15 is 0 Å². The van der Waals surface area contributed by atoms with Crippen molar-refractivity contribution in [2.45, 2.75) is 12.8 Å². The fourth-order valence-electron chi connectivity index (χ4n) is 2.65. The Kier molecular flexibility index (Phi) is 6.39. The van der Waals surface area contributed by atoms with Crippen molar-refractivity contribution in [2.75, 3.05) is 5.32 Å². The van der Waals surface area contributed by atoms with Gasteiger partial charge in [-0.3, -0.25) is 9.59 Å². The molecule has 0 aromatic heterocycles. The highest BCUT2D eigenvalue weighted by atomic mass is 79.9. The second-order valence-electron chi connectivity index (χ2n) is 6.04. The number of para-hydroxylation sites is 1. The summed E-state index contributed by atoms with van der Waals surface area (Å²) in [6.07, 6.45) is 1.42. The number of carbonyl (C=O) groups is 2. The van der Waals surface area contributed by atoms with Crippen LogP contribution >= 0.6 is 15.9 Å². The van der Waals surface area contributed by atoms with Gasteiger partial charge in [-0.25, -0.2) is 5.43 Å². The lowest BCUT2D eigenvalue weighted by atomic mass is 10.0. The van der Waals surface area contributed by atoms with Gasteiger partial charge in [0.15, 0.2) is 0 Å². The van der Waals surface area contributed by atoms with Gasteiger partial charge < -0.3 is 10.4 Å². The number of hydrazone groups is 1. The molecule has 0 fully saturated rings. The summed E-state index contributed by atoms with van der Waals surface area (Å²) in [6, 6.07) is 18.2. The van der Waals surface area contributed by atoms with Crippen LogP contribution in [0.4, 0.5) is 5.69 Å². The Labute approximate surface area is 170 Å². The number of anilines is 1. The number of halogens is 1. The summed E-state index contributed by atoms with van der Waals surface area (Å²) in [4.78, 5) is 23.9. The Bertz CT molecular complexity index is 1050. The lowest BCUT2D eigenvalue weighted by Crippen LogP contribution is -2.20. The zero-order valence-corrected chi connectivity index (χ0v) is 16.4. The van der Waals surface area contributed by atoms with E-state index in [1.807, 2.05) is 48.5 Å². The van der Waals surface area contributed by atoms with Crippen LogP contribution in [0.3, 0.4) is 0 Å². The van der Waals surface area contributed by atoms with Gasteiger partial charge in [-0.15, -0.1) is 0 Å². The first-order valence-electron chi connectivity index (χ1n) is 8.61. The SMILES string of the molecule is O=C(CCC(=O)Nc1ccccc1Br)N/N=C/c1c(O)ccc2ccccc12. The van der Waals surface area contributed by atoms with Crippen molar-refractivity contribution in [3.8, 4) is 5.75 Å². The lowest BCUT2D eigenvalue weighted by molar-refractivity contribution is -0.124. The molecule has 3 N–H and O–H groups in total. The molecule has 3 aromatic rings. The molecular weight excluding hydrogens is 422 g/mol. The molecule has 0 saturated carbocycles. The number of aromatic hydroxyl groups is 1. The molecule has 0 bridgehead atoms. The molecule has 0 heterocycles. The van der Waals surface area contributed by atoms with E-state index in [4.69, 9.17) is 0 Å². The molecule has 2 amide bonds. The third-order valence-electron chi connectivity index (χ3n) is 4.06. The van der Waals surface area contributed by atoms with Crippen molar-refractivity contribution in [3.63, 3.8) is 0 Å². The van der Waals surface area contributed by atoms with Crippen LogP contribution in [0.1, 0.15) is 18.4 Å². The van der Waals surface area contributed by atoms with Gasteiger partial charge in [0.1, 0.15) is 5.75 Å². The maximum Gasteiger partial charge on any atom is 0.240 e. The fraction of sp³-hybridized carbons (Fsp3) is 0.0952. The Morgan fingerprint density at radius 3 is 2.50 bits per heavy atom. The molecule has 0 atom stereocenters. The molecule has 0 aliphatic rings. The highest BCUT2D eigenvalue weighted by Crippen LogP contribution is 2.25. The zero-order valence-electron chi connectivity index (χ0n) is 14.9. The van der Waals surface area contributed by atoms with Crippen molar-refractivity contribution in [2.24, 2.45) is 5.10 Å². The van der Waals surface area contributed by atoms with Crippen molar-refractivity contribution >= 4 is 50.4 Å². The molecule has 0 spiro atoms. The van der Waals surface area contributed by atoms with Gasteiger partial charge in [0.05, 0.1) is 11.9 Å². The number of hydrogen-bond donors (Lipinski definition) is 3. The van der Waals surface area contributed by atoms with Crippen LogP contribution in [-0.4, -0.2) is 23.1 Å². The number of carbonyl (C=O) groups excluding carboxylic acids is 2. The Hall–Kier alpha value is -3.19. The topological polar surface area (TPSA) is 90.8 Å². The minimum absolute atomic E-state index is 0.00482. The van der Waals surface area contributed by atoms with Crippen molar-refractivity contribution in [3.05, 3.63) is 70.7 Å². The number of hydrogen-bond acceptors (Lipinski definition) is 4. The Morgan fingerprint density at radius 2 is 1.68 bits per heavy atom. The molecule has 6 nitrogen and oxygen atoms in total. The molecule has 3 aromatic carbocycles. The molecule has 28 heavy (non-hydrogen) atoms. The molecule has 0 radical (unpaired) electrons. The number of rotatable bonds is 6. The Morgan fingerprint density at radius 1 is 0.964 bits per heavy atom. The second kappa shape index (κ2) is 9.14. The van der Waals surface area contributed by atoms with E-state index < -0.39 is 5.91 Å². The van der Waals surface area contributed by atoms with Crippen LogP contribution in [0.2, 0.25) is 0 Å². The normalized spacial score (nSPS) is 10.9. The first-order valence-corrected chi connectivity index (χ1v) is 9.41. The maximum absolute atomic E-state index is 12.0. The molecule has 142 valence electrons. The molecule has 7 heteroatoms. The van der Waals surface area contributed by atoms with Gasteiger partial charge in [-0.05, 0) is 44.9 Å². The van der Waals surface area contributed by atoms with Gasteiger partial charge in [0.25, 0.3) is 0 Å². The smallest absolute Gasteiger partial charge is 0.240 e. The van der Waals surface area contributed by atoms with Crippen LogP contribution in [0.15, 0.2) is 70.2 Å². The summed E-state index contributed by atoms with van der Waals surface area (Å²) >= 11 is 3.35. The molecule has 0 unspecified atom stereocenters. The quantitative estimate of drug-likeness (QED) is 0.397. The molecular formula is C21H18BrN3O3. The minimum atomic E-state index is -0.391. The third kappa shape index (κ3) is 4.95. The lowest BCUT2D eigenvalue weighted by Gasteiger charge is -2.07. The first-order chi connectivity index (χ1) is 13.5. The number of nitrogens with one attached hydrogen (secondary N) is 2. The van der Waals surface area contributed by atoms with E-state index in [0.29, 0.717) is 11.3 Å². The van der Waals surface area contributed by atoms with Crippen LogP contribution in [0.25, 0.3) is 10.8 Å². The number of amides is 2. The summed E-state index contributed by atoms with van der Waals surface area (Å²) in [7, 11) is 0. The summed E-state index contributed by atoms with van der Waals surface area (Å²) in [5, 5.41) is 18.5. The highest BCUT2D eigenvalue weighted by Gasteiger charge is 2.09. The van der Waals surface area contributed by atoms with Crippen molar-refractivity contribution in [1.82, 2.24) is 5.43 Å². The van der Waals surface area contributed by atoms with Crippen LogP contribution in [0, 0.1) is 0 Å². The van der Waals surface area contributed by atoms with Crippen LogP contribution in [0.5, 0.6) is 5.75 Å². The van der Waals surface area contributed by atoms with Crippen molar-refractivity contribution in [1.29, 1.82) is 0 Å². The van der Waals surface area contributed by atoms with Crippen molar-refractivity contribution < 1.29 is 14.7 Å². The zero-order chi connectivity index (χ0) is 19.9. The van der Waals surface area contributed by atoms with E-state index in [1.165, 1.54) is 6.21 Å². The number of phenolic OH excluding ortho intramolecular Hbond substituents is 1. The van der Waals surface area contributed by atoms with E-state index in [-0.39, 0.29) is 24.5 Å². The molecule has 0 saturated heterocycles. The van der Waals surface area contributed by atoms with Gasteiger partial charge in [-0.2, -0.15) is 5.10 Å². The minimum Gasteiger partial charge on any atom is -0.507 e. The van der Waals surface area contributed by atoms with E-state index in [9.17, 15) is 14.7 Å². The van der Waals surface area contributed by atoms with E-state index in [2.05, 4.69) is 31.8 Å². The maximum atomic E-state index is 12.0. The standard InChI is InChI=1S/C21H18BrN3O3/c22-17-7-3-4-8-18(17)24-20(27)11-12-21(28)25-23-13-16-15-6-2-1-5-14(15)9-10-19(16)26/h1-10,13,26H,11-12H2,(H,24,27)(H,25,28)/b23-13+. The number of benzene rings is 3. The average Bonchev–Trinajstić information content (AvgIpc) is 2.70. The average molecular weight is 440 g/mol. The molecule has 0 aliphatic carbocycles. The number of phenols is 1. The number of fused-ring (bicyclic) bond motifs is 1. The fourth-order valence-corrected chi connectivity index (χ4v) is 3.03. The molecule has 3 rings (SSSR count). The monoisotopic (exact) mass is 439 g/mol. The third-order valence-corrected chi connectivity index (χ3v) is 4.75. The predicted octanol–water partition coefficient (Wildman–Crippen LogP) is 4.18. The van der Waals surface area contributed by atoms with Crippen LogP contribution in [-0.2, 0) is 9.59 Å². The second-order valence-corrected chi connectivity index (χ2v) is 6.90. The van der Waals surface area contributed by atoms with Crippen LogP contribution < -0.4 is 10.7 Å². The van der Waals surface area contributed by atoms with E-state index in [0.717, 1.165) is 15.2 Å². The molecule has 0 aliphatic heterocycles. The van der Waals surface area contributed by atoms with E-state index in [1.54, 1.807) is 12.1 Å². The van der Waals surface area contributed by atoms with Gasteiger partial charge in [-0.1, -0.05) is 42.5 Å². The first kappa shape index (κ1) is 19.6. The Balaban J connectivity index is 1.54.